The van der Waals surface area contributed by atoms with Crippen molar-refractivity contribution in [1.29, 1.82) is 0 Å². The van der Waals surface area contributed by atoms with Crippen LogP contribution in [0.1, 0.15) is 24.5 Å². The molecule has 0 bridgehead atoms. The zero-order chi connectivity index (χ0) is 18.2. The van der Waals surface area contributed by atoms with E-state index in [0.717, 1.165) is 12.8 Å². The van der Waals surface area contributed by atoms with Crippen molar-refractivity contribution in [3.63, 3.8) is 0 Å². The molecule has 1 aliphatic heterocycles. The zero-order valence-electron chi connectivity index (χ0n) is 14.1. The third-order valence-corrected chi connectivity index (χ3v) is 4.19. The van der Waals surface area contributed by atoms with Crippen LogP contribution in [0.5, 0.6) is 0 Å². The van der Waals surface area contributed by atoms with Gasteiger partial charge in [-0.05, 0) is 30.5 Å². The molecule has 0 saturated carbocycles. The Labute approximate surface area is 145 Å². The van der Waals surface area contributed by atoms with E-state index in [2.05, 4.69) is 10.1 Å². The van der Waals surface area contributed by atoms with E-state index in [9.17, 15) is 19.1 Å². The Balaban J connectivity index is 2.06. The molecule has 8 heteroatoms. The fourth-order valence-electron chi connectivity index (χ4n) is 3.03. The summed E-state index contributed by atoms with van der Waals surface area (Å²) in [6, 6.07) is 6.12. The van der Waals surface area contributed by atoms with Gasteiger partial charge in [0.1, 0.15) is 5.82 Å². The van der Waals surface area contributed by atoms with E-state index >= 15 is 0 Å². The molecule has 2 amide bonds. The fourth-order valence-corrected chi connectivity index (χ4v) is 3.03. The van der Waals surface area contributed by atoms with Crippen LogP contribution in [0, 0.1) is 11.7 Å². The highest BCUT2D eigenvalue weighted by atomic mass is 19.1. The molecule has 25 heavy (non-hydrogen) atoms. The van der Waals surface area contributed by atoms with Crippen molar-refractivity contribution in [3.05, 3.63) is 35.6 Å². The molecule has 1 fully saturated rings. The molecule has 0 spiro atoms. The van der Waals surface area contributed by atoms with Crippen LogP contribution in [0.25, 0.3) is 0 Å². The number of nitrogens with one attached hydrogen (secondary N) is 1. The molecule has 1 unspecified atom stereocenters. The highest BCUT2D eigenvalue weighted by Gasteiger charge is 2.31. The predicted octanol–water partition coefficient (Wildman–Crippen LogP) is 2.63. The molecule has 7 nitrogen and oxygen atoms in total. The van der Waals surface area contributed by atoms with E-state index in [0.29, 0.717) is 18.7 Å². The third-order valence-electron chi connectivity index (χ3n) is 4.19. The van der Waals surface area contributed by atoms with E-state index in [-0.39, 0.29) is 24.9 Å². The minimum atomic E-state index is -0.963. The normalized spacial score (nSPS) is 18.5. The molecule has 1 aromatic rings. The first kappa shape index (κ1) is 19.0. The van der Waals surface area contributed by atoms with E-state index in [1.165, 1.54) is 24.1 Å². The summed E-state index contributed by atoms with van der Waals surface area (Å²) in [5.41, 5.74) is 0.662. The molecule has 1 aromatic carbocycles. The molecule has 1 saturated heterocycles. The second-order valence-corrected chi connectivity index (χ2v) is 5.90. The number of likely N-dealkylation sites (tertiary alicyclic amines) is 1. The van der Waals surface area contributed by atoms with Gasteiger partial charge in [-0.1, -0.05) is 12.1 Å². The second kappa shape index (κ2) is 9.22. The van der Waals surface area contributed by atoms with Crippen molar-refractivity contribution in [2.24, 2.45) is 5.92 Å². The van der Waals surface area contributed by atoms with Gasteiger partial charge < -0.3 is 24.8 Å². The number of carbonyl (C=O) groups excluding carboxylic acids is 1. The minimum Gasteiger partial charge on any atom is -0.465 e. The number of rotatable bonds is 6. The molecule has 1 aliphatic rings. The number of hydrogen-bond donors (Lipinski definition) is 2. The molecule has 2 N–H and O–H groups in total. The summed E-state index contributed by atoms with van der Waals surface area (Å²) in [4.78, 5) is 23.7. The van der Waals surface area contributed by atoms with E-state index in [1.54, 1.807) is 12.1 Å². The Bertz CT molecular complexity index is 598. The van der Waals surface area contributed by atoms with Gasteiger partial charge in [0.2, 0.25) is 0 Å². The summed E-state index contributed by atoms with van der Waals surface area (Å²) >= 11 is 0. The molecule has 1 heterocycles. The lowest BCUT2D eigenvalue weighted by molar-refractivity contribution is -0.0118. The number of methoxy groups -OCH3 is 1. The maximum Gasteiger partial charge on any atom is 0.407 e. The maximum absolute atomic E-state index is 13.6. The Kier molecular flexibility index (Phi) is 7.00. The van der Waals surface area contributed by atoms with Crippen LogP contribution in [0.3, 0.4) is 0 Å². The molecule has 0 aromatic heterocycles. The molecule has 2 rings (SSSR count). The van der Waals surface area contributed by atoms with Gasteiger partial charge in [0.25, 0.3) is 0 Å². The molecule has 138 valence electrons. The molecule has 0 aliphatic carbocycles. The predicted molar refractivity (Wildman–Crippen MR) is 87.8 cm³/mol. The zero-order valence-corrected chi connectivity index (χ0v) is 14.1. The summed E-state index contributed by atoms with van der Waals surface area (Å²) in [5.74, 6) is -0.450. The van der Waals surface area contributed by atoms with Gasteiger partial charge in [-0.25, -0.2) is 14.0 Å². The number of benzene rings is 1. The Morgan fingerprint density at radius 2 is 2.28 bits per heavy atom. The Hall–Kier alpha value is -2.35. The van der Waals surface area contributed by atoms with E-state index in [4.69, 9.17) is 4.74 Å². The Morgan fingerprint density at radius 3 is 2.96 bits per heavy atom. The average Bonchev–Trinajstić information content (AvgIpc) is 2.61. The van der Waals surface area contributed by atoms with Crippen molar-refractivity contribution in [3.8, 4) is 0 Å². The number of piperidine rings is 1. The van der Waals surface area contributed by atoms with Gasteiger partial charge in [0.05, 0.1) is 19.8 Å². The van der Waals surface area contributed by atoms with Crippen LogP contribution in [-0.2, 0) is 9.47 Å². The van der Waals surface area contributed by atoms with E-state index in [1.807, 2.05) is 0 Å². The van der Waals surface area contributed by atoms with E-state index < -0.39 is 18.3 Å². The first-order valence-electron chi connectivity index (χ1n) is 8.18. The van der Waals surface area contributed by atoms with Crippen LogP contribution < -0.4 is 5.32 Å². The monoisotopic (exact) mass is 354 g/mol. The van der Waals surface area contributed by atoms with Crippen LogP contribution in [0.4, 0.5) is 14.0 Å². The number of carbonyl (C=O) groups is 2. The fraction of sp³-hybridized carbons (Fsp3) is 0.529. The summed E-state index contributed by atoms with van der Waals surface area (Å²) in [7, 11) is 1.27. The number of nitrogens with zero attached hydrogens (tertiary/aromatic N) is 1. The number of carboxylic acid groups (broad SMARTS) is 1. The smallest absolute Gasteiger partial charge is 0.407 e. The Morgan fingerprint density at radius 1 is 1.48 bits per heavy atom. The van der Waals surface area contributed by atoms with Crippen LogP contribution >= 0.6 is 0 Å². The molecular formula is C17H23FN2O5. The molecular weight excluding hydrogens is 331 g/mol. The van der Waals surface area contributed by atoms with Gasteiger partial charge in [-0.3, -0.25) is 0 Å². The number of hydrogen-bond acceptors (Lipinski definition) is 4. The third kappa shape index (κ3) is 5.60. The highest BCUT2D eigenvalue weighted by molar-refractivity contribution is 5.66. The number of amides is 2. The van der Waals surface area contributed by atoms with Gasteiger partial charge in [-0.2, -0.15) is 0 Å². The van der Waals surface area contributed by atoms with Crippen molar-refractivity contribution in [2.45, 2.75) is 18.9 Å². The number of ether oxygens (including phenoxy) is 2. The topological polar surface area (TPSA) is 88.1 Å². The highest BCUT2D eigenvalue weighted by Crippen LogP contribution is 2.33. The minimum absolute atomic E-state index is 0.0789. The van der Waals surface area contributed by atoms with Crippen molar-refractivity contribution in [1.82, 2.24) is 10.2 Å². The SMILES string of the molecule is COC(=O)NCCO[C@@H](c1cccc(F)c1)C1CCCN(C(=O)O)C1. The van der Waals surface area contributed by atoms with Crippen molar-refractivity contribution < 1.29 is 28.6 Å². The molecule has 0 radical (unpaired) electrons. The van der Waals surface area contributed by atoms with Gasteiger partial charge in [0.15, 0.2) is 0 Å². The van der Waals surface area contributed by atoms with Gasteiger partial charge >= 0.3 is 12.2 Å². The van der Waals surface area contributed by atoms with Crippen molar-refractivity contribution in [2.75, 3.05) is 33.4 Å². The largest absolute Gasteiger partial charge is 0.465 e. The quantitative estimate of drug-likeness (QED) is 0.767. The van der Waals surface area contributed by atoms with Crippen molar-refractivity contribution >= 4 is 12.2 Å². The van der Waals surface area contributed by atoms with Gasteiger partial charge in [-0.15, -0.1) is 0 Å². The second-order valence-electron chi connectivity index (χ2n) is 5.90. The first-order valence-corrected chi connectivity index (χ1v) is 8.18. The van der Waals surface area contributed by atoms with Crippen LogP contribution in [0.2, 0.25) is 0 Å². The summed E-state index contributed by atoms with van der Waals surface area (Å²) in [5, 5.41) is 11.7. The van der Waals surface area contributed by atoms with Crippen LogP contribution in [0.15, 0.2) is 24.3 Å². The number of alkyl carbamates (subject to hydrolysis) is 1. The summed E-state index contributed by atoms with van der Waals surface area (Å²) in [6.45, 7) is 1.28. The lowest BCUT2D eigenvalue weighted by Crippen LogP contribution is -2.41. The standard InChI is InChI=1S/C17H23FN2O5/c1-24-16(21)19-7-9-25-15(12-4-2-6-14(18)10-12)13-5-3-8-20(11-13)17(22)23/h2,4,6,10,13,15H,3,5,7-9,11H2,1H3,(H,19,21)(H,22,23)/t13?,15-/m0/s1. The summed E-state index contributed by atoms with van der Waals surface area (Å²) in [6.07, 6.45) is -0.449. The van der Waals surface area contributed by atoms with Gasteiger partial charge in [0, 0.05) is 25.6 Å². The van der Waals surface area contributed by atoms with Crippen LogP contribution in [-0.4, -0.2) is 55.5 Å². The number of halogens is 1. The summed E-state index contributed by atoms with van der Waals surface area (Å²) < 4.78 is 24.0. The molecule has 2 atom stereocenters. The maximum atomic E-state index is 13.6. The lowest BCUT2D eigenvalue weighted by atomic mass is 9.88. The lowest BCUT2D eigenvalue weighted by Gasteiger charge is -2.35. The first-order chi connectivity index (χ1) is 12.0. The average molecular weight is 354 g/mol.